The Balaban J connectivity index is 0.00000200. The van der Waals surface area contributed by atoms with E-state index in [-0.39, 0.29) is 12.4 Å². The molecule has 116 valence electrons. The smallest absolute Gasteiger partial charge is 0.318 e. The highest BCUT2D eigenvalue weighted by atomic mass is 35.5. The van der Waals surface area contributed by atoms with Gasteiger partial charge in [0.25, 0.3) is 0 Å². The minimum atomic E-state index is -4.35. The van der Waals surface area contributed by atoms with Gasteiger partial charge in [-0.1, -0.05) is 0 Å². The van der Waals surface area contributed by atoms with Crippen LogP contribution in [0.5, 0.6) is 0 Å². The van der Waals surface area contributed by atoms with E-state index in [1.165, 1.54) is 0 Å². The number of aryl methyl sites for hydroxylation is 1. The van der Waals surface area contributed by atoms with E-state index in [9.17, 15) is 13.2 Å². The second-order valence-electron chi connectivity index (χ2n) is 4.83. The number of thiazole rings is 1. The molecule has 0 aliphatic carbocycles. The first-order valence-electron chi connectivity index (χ1n) is 6.34. The first kappa shape index (κ1) is 17.7. The minimum absolute atomic E-state index is 0. The first-order chi connectivity index (χ1) is 8.91. The van der Waals surface area contributed by atoms with Gasteiger partial charge in [-0.15, -0.1) is 23.7 Å². The maximum absolute atomic E-state index is 12.9. The van der Waals surface area contributed by atoms with Gasteiger partial charge in [-0.3, -0.25) is 4.90 Å². The largest absolute Gasteiger partial charge is 0.434 e. The van der Waals surface area contributed by atoms with Crippen molar-refractivity contribution >= 4 is 23.7 Å². The number of nitrogens with one attached hydrogen (secondary N) is 1. The zero-order valence-corrected chi connectivity index (χ0v) is 13.1. The van der Waals surface area contributed by atoms with E-state index >= 15 is 0 Å². The Kier molecular flexibility index (Phi) is 6.25. The maximum atomic E-state index is 12.9. The molecule has 1 atom stereocenters. The molecule has 1 aliphatic rings. The molecule has 1 unspecified atom stereocenters. The summed E-state index contributed by atoms with van der Waals surface area (Å²) in [6, 6.07) is 0.327. The Morgan fingerprint density at radius 1 is 1.45 bits per heavy atom. The lowest BCUT2D eigenvalue weighted by Crippen LogP contribution is -2.36. The number of likely N-dealkylation sites (tertiary alicyclic amines) is 1. The van der Waals surface area contributed by atoms with Crippen LogP contribution in [0.25, 0.3) is 0 Å². The van der Waals surface area contributed by atoms with Crippen LogP contribution in [-0.2, 0) is 12.7 Å². The molecule has 8 heteroatoms. The molecule has 20 heavy (non-hydrogen) atoms. The molecule has 0 spiro atoms. The summed E-state index contributed by atoms with van der Waals surface area (Å²) in [7, 11) is 1.87. The third-order valence-electron chi connectivity index (χ3n) is 3.36. The number of hydrogen-bond donors (Lipinski definition) is 1. The van der Waals surface area contributed by atoms with Gasteiger partial charge in [0.1, 0.15) is 0 Å². The zero-order chi connectivity index (χ0) is 14.0. The van der Waals surface area contributed by atoms with Gasteiger partial charge in [0.05, 0.1) is 9.88 Å². The van der Waals surface area contributed by atoms with Crippen molar-refractivity contribution < 1.29 is 13.2 Å². The van der Waals surface area contributed by atoms with Gasteiger partial charge in [0, 0.05) is 19.1 Å². The summed E-state index contributed by atoms with van der Waals surface area (Å²) in [6.07, 6.45) is -2.26. The lowest BCUT2D eigenvalue weighted by atomic mass is 10.2. The molecule has 0 saturated carbocycles. The number of halogens is 4. The number of nitrogens with zero attached hydrogens (tertiary/aromatic N) is 2. The standard InChI is InChI=1S/C12H18F3N3S.ClH/c1-8-17-11(12(13,14)15)10(19-8)7-18-5-3-4-9(18)6-16-2;/h9,16H,3-7H2,1-2H3;1H. The lowest BCUT2D eigenvalue weighted by molar-refractivity contribution is -0.141. The Morgan fingerprint density at radius 2 is 2.15 bits per heavy atom. The van der Waals surface area contributed by atoms with Crippen molar-refractivity contribution in [3.8, 4) is 0 Å². The SMILES string of the molecule is CNCC1CCCN1Cc1sc(C)nc1C(F)(F)F.Cl. The fourth-order valence-electron chi connectivity index (χ4n) is 2.55. The summed E-state index contributed by atoms with van der Waals surface area (Å²) in [6.45, 7) is 3.66. The molecule has 1 aliphatic heterocycles. The number of aromatic nitrogens is 1. The van der Waals surface area contributed by atoms with Crippen LogP contribution in [0.3, 0.4) is 0 Å². The van der Waals surface area contributed by atoms with Crippen LogP contribution in [0.4, 0.5) is 13.2 Å². The number of alkyl halides is 3. The average Bonchev–Trinajstić information content (AvgIpc) is 2.87. The third-order valence-corrected chi connectivity index (χ3v) is 4.31. The molecule has 1 N–H and O–H groups in total. The van der Waals surface area contributed by atoms with Gasteiger partial charge in [0.15, 0.2) is 5.69 Å². The Labute approximate surface area is 127 Å². The highest BCUT2D eigenvalue weighted by Gasteiger charge is 2.38. The van der Waals surface area contributed by atoms with Gasteiger partial charge >= 0.3 is 6.18 Å². The molecule has 0 amide bonds. The van der Waals surface area contributed by atoms with Crippen molar-refractivity contribution in [1.29, 1.82) is 0 Å². The Hall–Kier alpha value is -0.370. The molecule has 1 aromatic heterocycles. The topological polar surface area (TPSA) is 28.2 Å². The highest BCUT2D eigenvalue weighted by Crippen LogP contribution is 2.35. The summed E-state index contributed by atoms with van der Waals surface area (Å²) in [5.74, 6) is 0. The summed E-state index contributed by atoms with van der Waals surface area (Å²) >= 11 is 1.16. The highest BCUT2D eigenvalue weighted by molar-refractivity contribution is 7.11. The van der Waals surface area contributed by atoms with E-state index in [0.29, 0.717) is 22.5 Å². The molecule has 0 bridgehead atoms. The van der Waals surface area contributed by atoms with Gasteiger partial charge in [-0.25, -0.2) is 4.98 Å². The molecular weight excluding hydrogens is 311 g/mol. The monoisotopic (exact) mass is 329 g/mol. The van der Waals surface area contributed by atoms with Crippen molar-refractivity contribution in [3.05, 3.63) is 15.6 Å². The lowest BCUT2D eigenvalue weighted by Gasteiger charge is -2.24. The zero-order valence-electron chi connectivity index (χ0n) is 11.5. The van der Waals surface area contributed by atoms with E-state index in [1.807, 2.05) is 7.05 Å². The third kappa shape index (κ3) is 4.07. The van der Waals surface area contributed by atoms with Crippen LogP contribution in [0.2, 0.25) is 0 Å². The van der Waals surface area contributed by atoms with E-state index < -0.39 is 11.9 Å². The van der Waals surface area contributed by atoms with E-state index in [1.54, 1.807) is 6.92 Å². The molecule has 0 radical (unpaired) electrons. The van der Waals surface area contributed by atoms with Crippen LogP contribution < -0.4 is 5.32 Å². The molecule has 2 heterocycles. The van der Waals surface area contributed by atoms with Crippen molar-refractivity contribution in [2.24, 2.45) is 0 Å². The Morgan fingerprint density at radius 3 is 2.75 bits per heavy atom. The fourth-order valence-corrected chi connectivity index (χ4v) is 3.53. The first-order valence-corrected chi connectivity index (χ1v) is 7.15. The predicted molar refractivity (Wildman–Crippen MR) is 76.5 cm³/mol. The van der Waals surface area contributed by atoms with Crippen molar-refractivity contribution in [2.75, 3.05) is 20.1 Å². The van der Waals surface area contributed by atoms with Crippen molar-refractivity contribution in [1.82, 2.24) is 15.2 Å². The molecular formula is C12H19ClF3N3S. The number of rotatable bonds is 4. The van der Waals surface area contributed by atoms with Crippen LogP contribution in [0.1, 0.15) is 28.4 Å². The second-order valence-corrected chi connectivity index (χ2v) is 6.11. The van der Waals surface area contributed by atoms with Gasteiger partial charge in [0.2, 0.25) is 0 Å². The quantitative estimate of drug-likeness (QED) is 0.920. The molecule has 0 aromatic carbocycles. The minimum Gasteiger partial charge on any atom is -0.318 e. The van der Waals surface area contributed by atoms with Gasteiger partial charge in [-0.05, 0) is 33.4 Å². The van der Waals surface area contributed by atoms with Crippen LogP contribution >= 0.6 is 23.7 Å². The van der Waals surface area contributed by atoms with Crippen LogP contribution in [0, 0.1) is 6.92 Å². The fraction of sp³-hybridized carbons (Fsp3) is 0.750. The van der Waals surface area contributed by atoms with Crippen LogP contribution in [-0.4, -0.2) is 36.1 Å². The Bertz CT molecular complexity index is 436. The average molecular weight is 330 g/mol. The molecule has 1 aromatic rings. The maximum Gasteiger partial charge on any atom is 0.434 e. The number of hydrogen-bond acceptors (Lipinski definition) is 4. The molecule has 1 saturated heterocycles. The molecule has 3 nitrogen and oxygen atoms in total. The summed E-state index contributed by atoms with van der Waals surface area (Å²) in [5, 5.41) is 3.58. The van der Waals surface area contributed by atoms with Crippen molar-refractivity contribution in [2.45, 2.75) is 38.5 Å². The van der Waals surface area contributed by atoms with E-state index in [4.69, 9.17) is 0 Å². The predicted octanol–water partition coefficient (Wildman–Crippen LogP) is 3.08. The van der Waals surface area contributed by atoms with Gasteiger partial charge < -0.3 is 5.32 Å². The van der Waals surface area contributed by atoms with Gasteiger partial charge in [-0.2, -0.15) is 13.2 Å². The van der Waals surface area contributed by atoms with Crippen LogP contribution in [0.15, 0.2) is 0 Å². The summed E-state index contributed by atoms with van der Waals surface area (Å²) in [4.78, 5) is 6.11. The summed E-state index contributed by atoms with van der Waals surface area (Å²) in [5.41, 5.74) is -0.704. The molecule has 1 fully saturated rings. The summed E-state index contributed by atoms with van der Waals surface area (Å²) < 4.78 is 38.7. The van der Waals surface area contributed by atoms with E-state index in [2.05, 4.69) is 15.2 Å². The second kappa shape index (κ2) is 7.06. The normalized spacial score (nSPS) is 20.1. The van der Waals surface area contributed by atoms with Crippen molar-refractivity contribution in [3.63, 3.8) is 0 Å². The number of likely N-dealkylation sites (N-methyl/N-ethyl adjacent to an activating group) is 1. The van der Waals surface area contributed by atoms with E-state index in [0.717, 1.165) is 37.3 Å². The molecule has 2 rings (SSSR count).